The van der Waals surface area contributed by atoms with Gasteiger partial charge in [-0.3, -0.25) is 0 Å². The Labute approximate surface area is 129 Å². The van der Waals surface area contributed by atoms with Gasteiger partial charge in [-0.25, -0.2) is 0 Å². The molecule has 2 heteroatoms. The van der Waals surface area contributed by atoms with Gasteiger partial charge in [0.2, 0.25) is 0 Å². The van der Waals surface area contributed by atoms with Crippen LogP contribution in [-0.4, -0.2) is 9.13 Å². The fourth-order valence-corrected chi connectivity index (χ4v) is 2.67. The first-order valence-electron chi connectivity index (χ1n) is 7.37. The van der Waals surface area contributed by atoms with E-state index in [1.807, 2.05) is 24.3 Å². The lowest BCUT2D eigenvalue weighted by Gasteiger charge is -2.07. The molecule has 0 amide bonds. The van der Waals surface area contributed by atoms with Gasteiger partial charge < -0.3 is 9.13 Å². The topological polar surface area (TPSA) is 9.86 Å². The number of hydrogen-bond acceptors (Lipinski definition) is 0. The van der Waals surface area contributed by atoms with E-state index >= 15 is 0 Å². The summed E-state index contributed by atoms with van der Waals surface area (Å²) >= 11 is 0. The Morgan fingerprint density at radius 3 is 1.05 bits per heavy atom. The number of benzene rings is 2. The summed E-state index contributed by atoms with van der Waals surface area (Å²) in [5, 5.41) is 0. The largest absolute Gasteiger partial charge is 0.324 e. The van der Waals surface area contributed by atoms with Gasteiger partial charge >= 0.3 is 0 Å². The maximum atomic E-state index is 2.17. The normalized spacial score (nSPS) is 10.7. The first-order valence-corrected chi connectivity index (χ1v) is 7.37. The minimum atomic E-state index is 1.18. The van der Waals surface area contributed by atoms with Crippen molar-refractivity contribution >= 4 is 0 Å². The highest BCUT2D eigenvalue weighted by Crippen LogP contribution is 2.22. The zero-order chi connectivity index (χ0) is 14.8. The molecule has 0 radical (unpaired) electrons. The lowest BCUT2D eigenvalue weighted by atomic mass is 10.0. The fourth-order valence-electron chi connectivity index (χ4n) is 2.67. The van der Waals surface area contributed by atoms with Crippen molar-refractivity contribution in [2.75, 3.05) is 0 Å². The Morgan fingerprint density at radius 1 is 0.409 bits per heavy atom. The van der Waals surface area contributed by atoms with E-state index < -0.39 is 0 Å². The second-order valence-electron chi connectivity index (χ2n) is 5.27. The molecule has 0 aliphatic heterocycles. The summed E-state index contributed by atoms with van der Waals surface area (Å²) in [7, 11) is 0. The maximum absolute atomic E-state index is 2.17. The predicted molar refractivity (Wildman–Crippen MR) is 90.5 cm³/mol. The maximum Gasteiger partial charge on any atom is 0.0449 e. The Morgan fingerprint density at radius 2 is 0.727 bits per heavy atom. The standard InChI is InChI=1S/C20H16N2/c1-2-14-21(13-1)19-9-5-17(6-10-19)18-7-11-20(12-8-18)22-15-3-4-16-22/h1-16H. The molecule has 0 N–H and O–H groups in total. The number of rotatable bonds is 3. The Bertz CT molecular complexity index is 761. The third kappa shape index (κ3) is 2.35. The first-order chi connectivity index (χ1) is 10.9. The van der Waals surface area contributed by atoms with Crippen molar-refractivity contribution < 1.29 is 0 Å². The minimum Gasteiger partial charge on any atom is -0.324 e. The van der Waals surface area contributed by atoms with Crippen LogP contribution in [-0.2, 0) is 0 Å². The smallest absolute Gasteiger partial charge is 0.0449 e. The fraction of sp³-hybridized carbons (Fsp3) is 0. The lowest BCUT2D eigenvalue weighted by Crippen LogP contribution is -1.90. The van der Waals surface area contributed by atoms with Crippen LogP contribution >= 0.6 is 0 Å². The molecular formula is C20H16N2. The molecule has 22 heavy (non-hydrogen) atoms. The molecule has 0 atom stereocenters. The number of nitrogens with zero attached hydrogens (tertiary/aromatic N) is 2. The molecule has 0 bridgehead atoms. The van der Waals surface area contributed by atoms with Gasteiger partial charge in [0.1, 0.15) is 0 Å². The summed E-state index contributed by atoms with van der Waals surface area (Å²) in [6.45, 7) is 0. The Balaban J connectivity index is 1.62. The van der Waals surface area contributed by atoms with Crippen LogP contribution in [0, 0.1) is 0 Å². The monoisotopic (exact) mass is 284 g/mol. The Hall–Kier alpha value is -3.00. The van der Waals surface area contributed by atoms with Crippen LogP contribution in [0.2, 0.25) is 0 Å². The summed E-state index contributed by atoms with van der Waals surface area (Å²) in [5.41, 5.74) is 4.82. The van der Waals surface area contributed by atoms with E-state index in [1.165, 1.54) is 22.5 Å². The summed E-state index contributed by atoms with van der Waals surface area (Å²) in [4.78, 5) is 0. The minimum absolute atomic E-state index is 1.18. The molecule has 2 nitrogen and oxygen atoms in total. The average Bonchev–Trinajstić information content (AvgIpc) is 3.29. The van der Waals surface area contributed by atoms with E-state index in [1.54, 1.807) is 0 Å². The van der Waals surface area contributed by atoms with Gasteiger partial charge in [-0.1, -0.05) is 24.3 Å². The molecular weight excluding hydrogens is 268 g/mol. The van der Waals surface area contributed by atoms with E-state index in [0.717, 1.165) is 0 Å². The predicted octanol–water partition coefficient (Wildman–Crippen LogP) is 4.94. The van der Waals surface area contributed by atoms with E-state index in [2.05, 4.69) is 82.5 Å². The van der Waals surface area contributed by atoms with Crippen molar-refractivity contribution in [1.82, 2.24) is 9.13 Å². The van der Waals surface area contributed by atoms with Crippen LogP contribution in [0.5, 0.6) is 0 Å². The summed E-state index contributed by atoms with van der Waals surface area (Å²) in [5.74, 6) is 0. The lowest BCUT2D eigenvalue weighted by molar-refractivity contribution is 1.08. The highest BCUT2D eigenvalue weighted by molar-refractivity contribution is 5.66. The van der Waals surface area contributed by atoms with E-state index in [0.29, 0.717) is 0 Å². The van der Waals surface area contributed by atoms with E-state index in [9.17, 15) is 0 Å². The van der Waals surface area contributed by atoms with E-state index in [-0.39, 0.29) is 0 Å². The van der Waals surface area contributed by atoms with Crippen molar-refractivity contribution in [3.8, 4) is 22.5 Å². The van der Waals surface area contributed by atoms with Crippen LogP contribution in [0.1, 0.15) is 0 Å². The summed E-state index contributed by atoms with van der Waals surface area (Å²) < 4.78 is 4.22. The van der Waals surface area contributed by atoms with Crippen molar-refractivity contribution in [3.05, 3.63) is 97.6 Å². The van der Waals surface area contributed by atoms with Gasteiger partial charge in [0.25, 0.3) is 0 Å². The third-order valence-corrected chi connectivity index (χ3v) is 3.87. The zero-order valence-corrected chi connectivity index (χ0v) is 12.1. The average molecular weight is 284 g/mol. The van der Waals surface area contributed by atoms with Crippen molar-refractivity contribution in [3.63, 3.8) is 0 Å². The van der Waals surface area contributed by atoms with Crippen molar-refractivity contribution in [2.24, 2.45) is 0 Å². The van der Waals surface area contributed by atoms with Crippen molar-refractivity contribution in [2.45, 2.75) is 0 Å². The van der Waals surface area contributed by atoms with Crippen LogP contribution in [0.3, 0.4) is 0 Å². The molecule has 0 aliphatic rings. The van der Waals surface area contributed by atoms with Crippen LogP contribution in [0.25, 0.3) is 22.5 Å². The molecule has 4 rings (SSSR count). The molecule has 0 saturated heterocycles. The molecule has 0 aliphatic carbocycles. The SMILES string of the molecule is c1ccn(-c2ccc(-c3ccc(-n4cccc4)cc3)cc2)c1. The van der Waals surface area contributed by atoms with Crippen LogP contribution < -0.4 is 0 Å². The molecule has 0 unspecified atom stereocenters. The molecule has 0 saturated carbocycles. The zero-order valence-electron chi connectivity index (χ0n) is 12.1. The third-order valence-electron chi connectivity index (χ3n) is 3.87. The van der Waals surface area contributed by atoms with Gasteiger partial charge in [-0.2, -0.15) is 0 Å². The molecule has 4 aromatic rings. The first kappa shape index (κ1) is 12.7. The van der Waals surface area contributed by atoms with Gasteiger partial charge in [-0.05, 0) is 59.7 Å². The van der Waals surface area contributed by atoms with Crippen LogP contribution in [0.4, 0.5) is 0 Å². The molecule has 106 valence electrons. The number of hydrogen-bond donors (Lipinski definition) is 0. The second kappa shape index (κ2) is 5.41. The van der Waals surface area contributed by atoms with Gasteiger partial charge in [0, 0.05) is 36.2 Å². The molecule has 2 aromatic heterocycles. The van der Waals surface area contributed by atoms with E-state index in [4.69, 9.17) is 0 Å². The summed E-state index contributed by atoms with van der Waals surface area (Å²) in [6, 6.07) is 25.4. The summed E-state index contributed by atoms with van der Waals surface area (Å²) in [6.07, 6.45) is 8.23. The Kier molecular flexibility index (Phi) is 3.13. The van der Waals surface area contributed by atoms with Gasteiger partial charge in [0.05, 0.1) is 0 Å². The quantitative estimate of drug-likeness (QED) is 0.504. The van der Waals surface area contributed by atoms with Crippen molar-refractivity contribution in [1.29, 1.82) is 0 Å². The van der Waals surface area contributed by atoms with Gasteiger partial charge in [0.15, 0.2) is 0 Å². The highest BCUT2D eigenvalue weighted by atomic mass is 14.9. The molecule has 0 fully saturated rings. The molecule has 0 spiro atoms. The van der Waals surface area contributed by atoms with Gasteiger partial charge in [-0.15, -0.1) is 0 Å². The number of aromatic nitrogens is 2. The highest BCUT2D eigenvalue weighted by Gasteiger charge is 2.00. The second-order valence-corrected chi connectivity index (χ2v) is 5.27. The molecule has 2 aromatic carbocycles. The van der Waals surface area contributed by atoms with Crippen LogP contribution in [0.15, 0.2) is 97.6 Å². The molecule has 2 heterocycles.